The van der Waals surface area contributed by atoms with Gasteiger partial charge in [-0.25, -0.2) is 22.8 Å². The molecule has 2 heterocycles. The van der Waals surface area contributed by atoms with E-state index in [0.29, 0.717) is 16.5 Å². The van der Waals surface area contributed by atoms with Crippen LogP contribution in [0.1, 0.15) is 12.8 Å². The van der Waals surface area contributed by atoms with Gasteiger partial charge in [0.15, 0.2) is 0 Å². The number of benzene rings is 3. The molecule has 0 spiro atoms. The van der Waals surface area contributed by atoms with Gasteiger partial charge in [0.05, 0.1) is 21.3 Å². The second kappa shape index (κ2) is 11.7. The van der Waals surface area contributed by atoms with Crippen LogP contribution in [0.25, 0.3) is 11.3 Å². The Morgan fingerprint density at radius 1 is 1.03 bits per heavy atom. The molecule has 196 valence electrons. The highest BCUT2D eigenvalue weighted by Crippen LogP contribution is 2.41. The largest absolute Gasteiger partial charge is 0.350 e. The first-order valence-corrected chi connectivity index (χ1v) is 14.7. The van der Waals surface area contributed by atoms with Crippen molar-refractivity contribution in [2.45, 2.75) is 33.6 Å². The van der Waals surface area contributed by atoms with Crippen LogP contribution in [0.3, 0.4) is 0 Å². The minimum absolute atomic E-state index is 0.0770. The molecule has 0 radical (unpaired) electrons. The highest BCUT2D eigenvalue weighted by Gasteiger charge is 2.22. The van der Waals surface area contributed by atoms with Gasteiger partial charge in [-0.15, -0.1) is 0 Å². The lowest BCUT2D eigenvalue weighted by Crippen LogP contribution is -2.38. The van der Waals surface area contributed by atoms with Gasteiger partial charge in [0.1, 0.15) is 10.7 Å². The van der Waals surface area contributed by atoms with E-state index in [0.717, 1.165) is 43.3 Å². The summed E-state index contributed by atoms with van der Waals surface area (Å²) in [6.07, 6.45) is 3.81. The van der Waals surface area contributed by atoms with Crippen LogP contribution in [0, 0.1) is 5.82 Å². The van der Waals surface area contributed by atoms with Crippen molar-refractivity contribution in [3.63, 3.8) is 0 Å². The number of hydrogen-bond donors (Lipinski definition) is 3. The predicted octanol–water partition coefficient (Wildman–Crippen LogP) is 6.05. The fourth-order valence-electron chi connectivity index (χ4n) is 4.17. The molecule has 1 atom stereocenters. The fraction of sp³-hybridized carbons (Fsp3) is 0.185. The Kier molecular flexibility index (Phi) is 8.13. The van der Waals surface area contributed by atoms with Gasteiger partial charge in [0, 0.05) is 29.2 Å². The Morgan fingerprint density at radius 2 is 1.84 bits per heavy atom. The summed E-state index contributed by atoms with van der Waals surface area (Å²) in [6.45, 7) is 1.86. The van der Waals surface area contributed by atoms with Gasteiger partial charge in [-0.2, -0.15) is 0 Å². The lowest BCUT2D eigenvalue weighted by molar-refractivity contribution is 0.478. The summed E-state index contributed by atoms with van der Waals surface area (Å²) in [5, 5.41) is 6.83. The second-order valence-electron chi connectivity index (χ2n) is 8.70. The summed E-state index contributed by atoms with van der Waals surface area (Å²) in [6, 6.07) is 19.9. The quantitative estimate of drug-likeness (QED) is 0.238. The monoisotopic (exact) mass is 569 g/mol. The molecule has 4 aromatic rings. The third-order valence-corrected chi connectivity index (χ3v) is 9.06. The molecule has 0 unspecified atom stereocenters. The first-order chi connectivity index (χ1) is 18.4. The number of piperidine rings is 1. The third kappa shape index (κ3) is 6.10. The van der Waals surface area contributed by atoms with Crippen molar-refractivity contribution in [3.05, 3.63) is 89.8 Å². The van der Waals surface area contributed by atoms with Gasteiger partial charge < -0.3 is 10.6 Å². The molecule has 0 aliphatic carbocycles. The Balaban J connectivity index is 1.45. The van der Waals surface area contributed by atoms with E-state index in [1.807, 2.05) is 24.3 Å². The van der Waals surface area contributed by atoms with Crippen molar-refractivity contribution in [1.82, 2.24) is 15.3 Å². The van der Waals surface area contributed by atoms with E-state index in [1.54, 1.807) is 24.4 Å². The second-order valence-corrected chi connectivity index (χ2v) is 11.8. The Morgan fingerprint density at radius 3 is 2.66 bits per heavy atom. The number of hydrogen-bond acceptors (Lipinski definition) is 7. The molecule has 7 nitrogen and oxygen atoms in total. The van der Waals surface area contributed by atoms with Crippen molar-refractivity contribution in [2.24, 2.45) is 0 Å². The topological polar surface area (TPSA) is 96.0 Å². The van der Waals surface area contributed by atoms with Crippen LogP contribution in [-0.4, -0.2) is 37.5 Å². The maximum atomic E-state index is 15.1. The molecule has 3 N–H and O–H groups in total. The molecule has 11 heteroatoms. The van der Waals surface area contributed by atoms with Crippen LogP contribution in [-0.2, 0) is 10.0 Å². The summed E-state index contributed by atoms with van der Waals surface area (Å²) < 4.78 is 43.8. The van der Waals surface area contributed by atoms with E-state index in [9.17, 15) is 8.42 Å². The highest BCUT2D eigenvalue weighted by atomic mass is 35.5. The van der Waals surface area contributed by atoms with Crippen LogP contribution in [0.2, 0.25) is 5.02 Å². The van der Waals surface area contributed by atoms with Crippen LogP contribution < -0.4 is 15.4 Å². The molecule has 38 heavy (non-hydrogen) atoms. The molecule has 0 bridgehead atoms. The average Bonchev–Trinajstić information content (AvgIpc) is 2.92. The van der Waals surface area contributed by atoms with Crippen LogP contribution >= 0.6 is 23.4 Å². The zero-order valence-corrected chi connectivity index (χ0v) is 22.6. The van der Waals surface area contributed by atoms with Gasteiger partial charge in [0.25, 0.3) is 10.0 Å². The lowest BCUT2D eigenvalue weighted by atomic mass is 10.1. The van der Waals surface area contributed by atoms with Crippen molar-refractivity contribution in [2.75, 3.05) is 23.1 Å². The fourth-order valence-corrected chi connectivity index (χ4v) is 6.87. The van der Waals surface area contributed by atoms with Crippen molar-refractivity contribution < 1.29 is 12.8 Å². The van der Waals surface area contributed by atoms with E-state index in [4.69, 9.17) is 16.6 Å². The molecule has 3 aromatic carbocycles. The van der Waals surface area contributed by atoms with Gasteiger partial charge >= 0.3 is 0 Å². The van der Waals surface area contributed by atoms with Crippen LogP contribution in [0.5, 0.6) is 0 Å². The van der Waals surface area contributed by atoms with Gasteiger partial charge in [-0.1, -0.05) is 59.8 Å². The summed E-state index contributed by atoms with van der Waals surface area (Å²) >= 11 is 7.24. The van der Waals surface area contributed by atoms with Crippen LogP contribution in [0.4, 0.5) is 16.0 Å². The van der Waals surface area contributed by atoms with Gasteiger partial charge in [-0.05, 0) is 55.8 Å². The van der Waals surface area contributed by atoms with Gasteiger partial charge in [0.2, 0.25) is 5.95 Å². The first kappa shape index (κ1) is 26.4. The number of halogens is 2. The minimum atomic E-state index is -4.05. The molecule has 5 rings (SSSR count). The standard InChI is InChI=1S/C27H25ClFN5O2S2/c28-20-9-2-4-13-25(20)38(35,36)34-23-11-5-10-21(29)26(23)37-24-12-3-1-8-19(24)22-14-16-31-27(33-22)32-18-7-6-15-30-17-18/h1-5,8-14,16,18,30,34H,6-7,15,17H2,(H,31,32,33)/t18-/m0/s1. The van der Waals surface area contributed by atoms with E-state index in [2.05, 4.69) is 20.3 Å². The Labute approximate surface area is 230 Å². The van der Waals surface area contributed by atoms with E-state index in [1.165, 1.54) is 30.3 Å². The Hall–Kier alpha value is -3.18. The van der Waals surface area contributed by atoms with Crippen molar-refractivity contribution in [3.8, 4) is 11.3 Å². The molecule has 1 aromatic heterocycles. The molecule has 0 amide bonds. The number of rotatable bonds is 8. The molecule has 1 aliphatic rings. The molecule has 0 saturated carbocycles. The van der Waals surface area contributed by atoms with Gasteiger partial charge in [-0.3, -0.25) is 4.72 Å². The predicted molar refractivity (Wildman–Crippen MR) is 150 cm³/mol. The SMILES string of the molecule is O=S(=O)(Nc1cccc(F)c1Sc1ccccc1-c1ccnc(N[C@H]2CCCNC2)n1)c1ccccc1Cl. The molecule has 1 aliphatic heterocycles. The zero-order chi connectivity index (χ0) is 26.5. The number of anilines is 2. The maximum absolute atomic E-state index is 15.1. The van der Waals surface area contributed by atoms with Crippen LogP contribution in [0.15, 0.2) is 93.7 Å². The zero-order valence-electron chi connectivity index (χ0n) is 20.2. The third-order valence-electron chi connectivity index (χ3n) is 6.00. The summed E-state index contributed by atoms with van der Waals surface area (Å²) in [4.78, 5) is 9.84. The summed E-state index contributed by atoms with van der Waals surface area (Å²) in [5.41, 5.74) is 1.55. The molecule has 1 fully saturated rings. The molecule has 1 saturated heterocycles. The maximum Gasteiger partial charge on any atom is 0.263 e. The summed E-state index contributed by atoms with van der Waals surface area (Å²) in [5.74, 6) is -0.0333. The van der Waals surface area contributed by atoms with E-state index in [-0.39, 0.29) is 26.5 Å². The molecular formula is C27H25ClFN5O2S2. The normalized spacial score (nSPS) is 15.7. The smallest absolute Gasteiger partial charge is 0.263 e. The first-order valence-electron chi connectivity index (χ1n) is 12.0. The van der Waals surface area contributed by atoms with E-state index >= 15 is 4.39 Å². The Bertz CT molecular complexity index is 1550. The summed E-state index contributed by atoms with van der Waals surface area (Å²) in [7, 11) is -4.05. The minimum Gasteiger partial charge on any atom is -0.350 e. The van der Waals surface area contributed by atoms with Crippen molar-refractivity contribution >= 4 is 45.0 Å². The highest BCUT2D eigenvalue weighted by molar-refractivity contribution is 7.99. The number of sulfonamides is 1. The van der Waals surface area contributed by atoms with Crippen molar-refractivity contribution in [1.29, 1.82) is 0 Å². The molecular weight excluding hydrogens is 545 g/mol. The lowest BCUT2D eigenvalue weighted by Gasteiger charge is -2.23. The van der Waals surface area contributed by atoms with E-state index < -0.39 is 15.8 Å². The average molecular weight is 570 g/mol. The number of aromatic nitrogens is 2. The number of nitrogens with one attached hydrogen (secondary N) is 3. The number of nitrogens with zero attached hydrogens (tertiary/aromatic N) is 2.